The average Bonchev–Trinajstić information content (AvgIpc) is 2.54. The van der Waals surface area contributed by atoms with Crippen molar-refractivity contribution < 1.29 is 9.53 Å². The van der Waals surface area contributed by atoms with Gasteiger partial charge in [0.05, 0.1) is 18.4 Å². The van der Waals surface area contributed by atoms with Crippen molar-refractivity contribution in [3.8, 4) is 5.88 Å². The van der Waals surface area contributed by atoms with E-state index in [1.807, 2.05) is 6.92 Å². The number of ether oxygens (including phenoxy) is 1. The monoisotopic (exact) mass is 224 g/mol. The molecule has 1 aliphatic rings. The zero-order valence-electron chi connectivity index (χ0n) is 9.70. The zero-order chi connectivity index (χ0) is 11.7. The van der Waals surface area contributed by atoms with Gasteiger partial charge in [0.25, 0.3) is 0 Å². The van der Waals surface area contributed by atoms with E-state index in [0.29, 0.717) is 12.4 Å². The van der Waals surface area contributed by atoms with Gasteiger partial charge in [0, 0.05) is 20.1 Å². The third-order valence-corrected chi connectivity index (χ3v) is 2.73. The maximum atomic E-state index is 11.8. The molecule has 88 valence electrons. The molecule has 6 nitrogen and oxygen atoms in total. The lowest BCUT2D eigenvalue weighted by Gasteiger charge is -2.23. The molecule has 2 N–H and O–H groups in total. The number of aryl methyl sites for hydroxylation is 2. The zero-order valence-corrected chi connectivity index (χ0v) is 9.70. The molecular formula is C10H16N4O2. The molecule has 2 heterocycles. The third kappa shape index (κ3) is 1.65. The van der Waals surface area contributed by atoms with Crippen LogP contribution < -0.4 is 15.4 Å². The molecular weight excluding hydrogens is 208 g/mol. The summed E-state index contributed by atoms with van der Waals surface area (Å²) in [4.78, 5) is 11.8. The van der Waals surface area contributed by atoms with Gasteiger partial charge in [0.2, 0.25) is 11.8 Å². The van der Waals surface area contributed by atoms with Crippen LogP contribution >= 0.6 is 0 Å². The highest BCUT2D eigenvalue weighted by Gasteiger charge is 2.30. The number of aromatic nitrogens is 2. The van der Waals surface area contributed by atoms with Crippen LogP contribution in [-0.2, 0) is 11.8 Å². The predicted octanol–water partition coefficient (Wildman–Crippen LogP) is -0.502. The number of hydrogen-bond donors (Lipinski definition) is 2. The molecule has 1 amide bonds. The highest BCUT2D eigenvalue weighted by Crippen LogP contribution is 2.28. The summed E-state index contributed by atoms with van der Waals surface area (Å²) in [5.41, 5.74) is 1.64. The molecule has 1 aromatic heterocycles. The van der Waals surface area contributed by atoms with Gasteiger partial charge in [0.15, 0.2) is 0 Å². The van der Waals surface area contributed by atoms with Crippen LogP contribution in [0.25, 0.3) is 0 Å². The minimum absolute atomic E-state index is 0.0272. The number of nitrogens with one attached hydrogen (secondary N) is 2. The number of methoxy groups -OCH3 is 1. The number of carbonyl (C=O) groups excluding carboxylic acids is 1. The van der Waals surface area contributed by atoms with Crippen molar-refractivity contribution in [3.05, 3.63) is 11.3 Å². The Bertz CT molecular complexity index is 413. The van der Waals surface area contributed by atoms with Crippen molar-refractivity contribution in [3.63, 3.8) is 0 Å². The first kappa shape index (κ1) is 10.9. The second-order valence-corrected chi connectivity index (χ2v) is 3.81. The first-order valence-corrected chi connectivity index (χ1v) is 5.23. The Morgan fingerprint density at radius 2 is 2.25 bits per heavy atom. The molecule has 1 atom stereocenters. The van der Waals surface area contributed by atoms with Gasteiger partial charge in [0.1, 0.15) is 6.04 Å². The van der Waals surface area contributed by atoms with E-state index in [0.717, 1.165) is 17.8 Å². The summed E-state index contributed by atoms with van der Waals surface area (Å²) in [5.74, 6) is 0.604. The fraction of sp³-hybridized carbons (Fsp3) is 0.600. The molecule has 0 saturated carbocycles. The van der Waals surface area contributed by atoms with Gasteiger partial charge in [-0.1, -0.05) is 0 Å². The molecule has 0 aromatic carbocycles. The average molecular weight is 224 g/mol. The topological polar surface area (TPSA) is 68.2 Å². The van der Waals surface area contributed by atoms with Crippen molar-refractivity contribution in [2.45, 2.75) is 13.0 Å². The minimum atomic E-state index is -0.364. The van der Waals surface area contributed by atoms with Crippen LogP contribution in [0.2, 0.25) is 0 Å². The Hall–Kier alpha value is -1.56. The Morgan fingerprint density at radius 3 is 2.88 bits per heavy atom. The first-order valence-electron chi connectivity index (χ1n) is 5.23. The maximum Gasteiger partial charge on any atom is 0.242 e. The van der Waals surface area contributed by atoms with E-state index < -0.39 is 0 Å². The Balaban J connectivity index is 2.41. The molecule has 6 heteroatoms. The van der Waals surface area contributed by atoms with Crippen LogP contribution in [0.5, 0.6) is 5.88 Å². The number of rotatable bonds is 2. The normalized spacial score (nSPS) is 20.7. The second-order valence-electron chi connectivity index (χ2n) is 3.81. The molecule has 0 spiro atoms. The largest absolute Gasteiger partial charge is 0.481 e. The second kappa shape index (κ2) is 4.13. The van der Waals surface area contributed by atoms with E-state index in [4.69, 9.17) is 4.74 Å². The van der Waals surface area contributed by atoms with Gasteiger partial charge in [-0.2, -0.15) is 5.10 Å². The van der Waals surface area contributed by atoms with Crippen molar-refractivity contribution >= 4 is 5.91 Å². The number of nitrogens with zero attached hydrogens (tertiary/aromatic N) is 2. The lowest BCUT2D eigenvalue weighted by molar-refractivity contribution is -0.124. The summed E-state index contributed by atoms with van der Waals surface area (Å²) in [6, 6.07) is -0.364. The number of amides is 1. The predicted molar refractivity (Wildman–Crippen MR) is 58.3 cm³/mol. The van der Waals surface area contributed by atoms with Gasteiger partial charge in [-0.3, -0.25) is 4.79 Å². The Morgan fingerprint density at radius 1 is 1.50 bits per heavy atom. The van der Waals surface area contributed by atoms with Crippen LogP contribution in [0.15, 0.2) is 0 Å². The molecule has 1 aromatic rings. The van der Waals surface area contributed by atoms with Crippen molar-refractivity contribution in [2.24, 2.45) is 7.05 Å². The number of piperazine rings is 1. The van der Waals surface area contributed by atoms with Gasteiger partial charge < -0.3 is 15.4 Å². The highest BCUT2D eigenvalue weighted by atomic mass is 16.5. The van der Waals surface area contributed by atoms with E-state index in [-0.39, 0.29) is 11.9 Å². The van der Waals surface area contributed by atoms with E-state index in [1.54, 1.807) is 18.8 Å². The Kier molecular flexibility index (Phi) is 2.82. The maximum absolute atomic E-state index is 11.8. The molecule has 0 aliphatic carbocycles. The van der Waals surface area contributed by atoms with Crippen molar-refractivity contribution in [2.75, 3.05) is 20.2 Å². The summed E-state index contributed by atoms with van der Waals surface area (Å²) in [7, 11) is 3.39. The molecule has 2 rings (SSSR count). The molecule has 16 heavy (non-hydrogen) atoms. The van der Waals surface area contributed by atoms with Crippen molar-refractivity contribution in [1.82, 2.24) is 20.4 Å². The standard InChI is InChI=1S/C10H16N4O2/c1-6-7(10(16-3)14(2)13-6)8-9(15)12-5-4-11-8/h8,11H,4-5H2,1-3H3,(H,12,15). The molecule has 0 bridgehead atoms. The van der Waals surface area contributed by atoms with Crippen LogP contribution in [0.4, 0.5) is 0 Å². The molecule has 0 radical (unpaired) electrons. The van der Waals surface area contributed by atoms with E-state index in [9.17, 15) is 4.79 Å². The number of carbonyl (C=O) groups is 1. The lowest BCUT2D eigenvalue weighted by Crippen LogP contribution is -2.47. The van der Waals surface area contributed by atoms with Gasteiger partial charge in [-0.15, -0.1) is 0 Å². The summed E-state index contributed by atoms with van der Waals surface area (Å²) in [5, 5.41) is 10.3. The fourth-order valence-corrected chi connectivity index (χ4v) is 2.06. The van der Waals surface area contributed by atoms with Gasteiger partial charge >= 0.3 is 0 Å². The summed E-state index contributed by atoms with van der Waals surface area (Å²) in [6.45, 7) is 3.30. The highest BCUT2D eigenvalue weighted by molar-refractivity contribution is 5.84. The van der Waals surface area contributed by atoms with Crippen molar-refractivity contribution in [1.29, 1.82) is 0 Å². The van der Waals surface area contributed by atoms with Crippen LogP contribution in [-0.4, -0.2) is 35.9 Å². The molecule has 1 fully saturated rings. The molecule has 1 saturated heterocycles. The smallest absolute Gasteiger partial charge is 0.242 e. The van der Waals surface area contributed by atoms with Gasteiger partial charge in [-0.25, -0.2) is 4.68 Å². The summed E-state index contributed by atoms with van der Waals surface area (Å²) < 4.78 is 6.93. The molecule has 1 unspecified atom stereocenters. The van der Waals surface area contributed by atoms with Crippen LogP contribution in [0.1, 0.15) is 17.3 Å². The Labute approximate surface area is 94.0 Å². The quantitative estimate of drug-likeness (QED) is 0.710. The van der Waals surface area contributed by atoms with E-state index in [1.165, 1.54) is 0 Å². The third-order valence-electron chi connectivity index (χ3n) is 2.73. The molecule has 1 aliphatic heterocycles. The summed E-state index contributed by atoms with van der Waals surface area (Å²) >= 11 is 0. The first-order chi connectivity index (χ1) is 7.65. The lowest BCUT2D eigenvalue weighted by atomic mass is 10.1. The van der Waals surface area contributed by atoms with Crippen LogP contribution in [0.3, 0.4) is 0 Å². The number of hydrogen-bond acceptors (Lipinski definition) is 4. The SMILES string of the molecule is COc1c(C2NCCNC2=O)c(C)nn1C. The van der Waals surface area contributed by atoms with E-state index in [2.05, 4.69) is 15.7 Å². The van der Waals surface area contributed by atoms with Gasteiger partial charge in [-0.05, 0) is 6.92 Å². The minimum Gasteiger partial charge on any atom is -0.481 e. The van der Waals surface area contributed by atoms with E-state index >= 15 is 0 Å². The van der Waals surface area contributed by atoms with Crippen LogP contribution in [0, 0.1) is 6.92 Å². The summed E-state index contributed by atoms with van der Waals surface area (Å²) in [6.07, 6.45) is 0. The fourth-order valence-electron chi connectivity index (χ4n) is 2.06.